The lowest BCUT2D eigenvalue weighted by Gasteiger charge is -2.38. The molecule has 1 saturated heterocycles. The second-order valence-corrected chi connectivity index (χ2v) is 7.20. The number of amides is 1. The van der Waals surface area contributed by atoms with E-state index in [1.54, 1.807) is 18.4 Å². The Balaban J connectivity index is 1.55. The van der Waals surface area contributed by atoms with Gasteiger partial charge in [-0.1, -0.05) is 5.16 Å². The molecule has 3 rings (SSSR count). The Bertz CT molecular complexity index is 698. The molecule has 2 atom stereocenters. The molecule has 1 fully saturated rings. The molecule has 0 aliphatic carbocycles. The largest absolute Gasteiger partial charge is 0.461 e. The lowest BCUT2D eigenvalue weighted by atomic mass is 9.89. The van der Waals surface area contributed by atoms with Gasteiger partial charge in [0.1, 0.15) is 0 Å². The van der Waals surface area contributed by atoms with Crippen molar-refractivity contribution in [1.82, 2.24) is 19.9 Å². The summed E-state index contributed by atoms with van der Waals surface area (Å²) >= 11 is 0. The highest BCUT2D eigenvalue weighted by Gasteiger charge is 2.30. The summed E-state index contributed by atoms with van der Waals surface area (Å²) in [5.74, 6) is 1.94. The molecule has 1 amide bonds. The van der Waals surface area contributed by atoms with Crippen molar-refractivity contribution < 1.29 is 18.8 Å². The number of carbonyl (C=O) groups is 1. The summed E-state index contributed by atoms with van der Waals surface area (Å²) in [5, 5.41) is 13.4. The zero-order valence-corrected chi connectivity index (χ0v) is 15.3. The maximum absolute atomic E-state index is 12.6. The van der Waals surface area contributed by atoms with Gasteiger partial charge in [0.25, 0.3) is 0 Å². The Labute approximate surface area is 152 Å². The number of aromatic nitrogens is 2. The highest BCUT2D eigenvalue weighted by Crippen LogP contribution is 2.23. The minimum Gasteiger partial charge on any atom is -0.461 e. The molecule has 0 unspecified atom stereocenters. The second kappa shape index (κ2) is 8.46. The predicted octanol–water partition coefficient (Wildman–Crippen LogP) is 1.28. The SMILES string of the molecule is CN(C)C[C@@H]1C[C@@H](CO)CN(C(=O)CCc2nc(-c3ccco3)no2)C1. The van der Waals surface area contributed by atoms with Gasteiger partial charge in [-0.05, 0) is 44.5 Å². The van der Waals surface area contributed by atoms with Crippen molar-refractivity contribution in [2.24, 2.45) is 11.8 Å². The number of aliphatic hydroxyl groups is 1. The van der Waals surface area contributed by atoms with Crippen LogP contribution in [0.4, 0.5) is 0 Å². The topological polar surface area (TPSA) is 95.8 Å². The van der Waals surface area contributed by atoms with Crippen LogP contribution < -0.4 is 0 Å². The molecule has 8 nitrogen and oxygen atoms in total. The van der Waals surface area contributed by atoms with Crippen LogP contribution in [0.3, 0.4) is 0 Å². The van der Waals surface area contributed by atoms with Crippen LogP contribution in [0, 0.1) is 11.8 Å². The number of furan rings is 1. The third-order valence-corrected chi connectivity index (χ3v) is 4.62. The molecule has 0 aromatic carbocycles. The van der Waals surface area contributed by atoms with E-state index in [1.807, 2.05) is 19.0 Å². The average Bonchev–Trinajstić information content (AvgIpc) is 3.30. The lowest BCUT2D eigenvalue weighted by molar-refractivity contribution is -0.134. The van der Waals surface area contributed by atoms with Crippen LogP contribution in [0.5, 0.6) is 0 Å². The number of rotatable bonds is 7. The summed E-state index contributed by atoms with van der Waals surface area (Å²) < 4.78 is 10.4. The first-order valence-electron chi connectivity index (χ1n) is 8.95. The molecule has 0 radical (unpaired) electrons. The Kier molecular flexibility index (Phi) is 6.05. The summed E-state index contributed by atoms with van der Waals surface area (Å²) in [6.45, 7) is 2.37. The molecular weight excluding hydrogens is 336 g/mol. The number of hydrogen-bond acceptors (Lipinski definition) is 7. The van der Waals surface area contributed by atoms with Gasteiger partial charge in [0.15, 0.2) is 5.76 Å². The molecule has 8 heteroatoms. The molecule has 1 N–H and O–H groups in total. The van der Waals surface area contributed by atoms with Crippen LogP contribution in [0.25, 0.3) is 11.6 Å². The number of hydrogen-bond donors (Lipinski definition) is 1. The highest BCUT2D eigenvalue weighted by atomic mass is 16.5. The number of carbonyl (C=O) groups excluding carboxylic acids is 1. The molecule has 0 bridgehead atoms. The zero-order chi connectivity index (χ0) is 18.5. The molecule has 1 aliphatic rings. The summed E-state index contributed by atoms with van der Waals surface area (Å²) in [4.78, 5) is 20.9. The maximum Gasteiger partial charge on any atom is 0.238 e. The minimum absolute atomic E-state index is 0.0599. The van der Waals surface area contributed by atoms with E-state index in [1.165, 1.54) is 0 Å². The third-order valence-electron chi connectivity index (χ3n) is 4.62. The van der Waals surface area contributed by atoms with Crippen molar-refractivity contribution in [1.29, 1.82) is 0 Å². The lowest BCUT2D eigenvalue weighted by Crippen LogP contribution is -2.47. The van der Waals surface area contributed by atoms with E-state index in [-0.39, 0.29) is 18.4 Å². The summed E-state index contributed by atoms with van der Waals surface area (Å²) in [6.07, 6.45) is 3.21. The van der Waals surface area contributed by atoms with Gasteiger partial charge < -0.3 is 23.8 Å². The summed E-state index contributed by atoms with van der Waals surface area (Å²) in [5.41, 5.74) is 0. The maximum atomic E-state index is 12.6. The number of likely N-dealkylation sites (tertiary alicyclic amines) is 1. The van der Waals surface area contributed by atoms with Crippen molar-refractivity contribution in [3.8, 4) is 11.6 Å². The van der Waals surface area contributed by atoms with E-state index in [0.717, 1.165) is 19.5 Å². The Morgan fingerprint density at radius 2 is 2.19 bits per heavy atom. The van der Waals surface area contributed by atoms with Crippen LogP contribution in [0.2, 0.25) is 0 Å². The molecule has 142 valence electrons. The quantitative estimate of drug-likeness (QED) is 0.792. The van der Waals surface area contributed by atoms with Crippen molar-refractivity contribution in [3.05, 3.63) is 24.3 Å². The van der Waals surface area contributed by atoms with Gasteiger partial charge in [0.2, 0.25) is 17.6 Å². The molecule has 0 spiro atoms. The van der Waals surface area contributed by atoms with E-state index < -0.39 is 0 Å². The van der Waals surface area contributed by atoms with Gasteiger partial charge >= 0.3 is 0 Å². The van der Waals surface area contributed by atoms with Crippen LogP contribution in [0.1, 0.15) is 18.7 Å². The molecule has 0 saturated carbocycles. The minimum atomic E-state index is 0.0599. The van der Waals surface area contributed by atoms with Crippen molar-refractivity contribution in [2.45, 2.75) is 19.3 Å². The van der Waals surface area contributed by atoms with Crippen LogP contribution >= 0.6 is 0 Å². The first-order valence-corrected chi connectivity index (χ1v) is 8.95. The van der Waals surface area contributed by atoms with Gasteiger partial charge in [-0.3, -0.25) is 4.79 Å². The van der Waals surface area contributed by atoms with Crippen LogP contribution in [-0.4, -0.2) is 71.3 Å². The van der Waals surface area contributed by atoms with Gasteiger partial charge in [0, 0.05) is 39.1 Å². The second-order valence-electron chi connectivity index (χ2n) is 7.20. The Morgan fingerprint density at radius 1 is 1.38 bits per heavy atom. The predicted molar refractivity (Wildman–Crippen MR) is 94.1 cm³/mol. The van der Waals surface area contributed by atoms with E-state index in [4.69, 9.17) is 8.94 Å². The highest BCUT2D eigenvalue weighted by molar-refractivity contribution is 5.76. The summed E-state index contributed by atoms with van der Waals surface area (Å²) in [6, 6.07) is 3.51. The molecule has 3 heterocycles. The molecule has 26 heavy (non-hydrogen) atoms. The van der Waals surface area contributed by atoms with Crippen LogP contribution in [-0.2, 0) is 11.2 Å². The average molecular weight is 362 g/mol. The van der Waals surface area contributed by atoms with Gasteiger partial charge in [-0.15, -0.1) is 0 Å². The monoisotopic (exact) mass is 362 g/mol. The molecular formula is C18H26N4O4. The fourth-order valence-corrected chi connectivity index (χ4v) is 3.54. The van der Waals surface area contributed by atoms with Crippen molar-refractivity contribution in [3.63, 3.8) is 0 Å². The molecule has 2 aromatic rings. The third kappa shape index (κ3) is 4.70. The van der Waals surface area contributed by atoms with Crippen molar-refractivity contribution >= 4 is 5.91 Å². The standard InChI is InChI=1S/C18H26N4O4/c1-21(2)9-13-8-14(12-23)11-22(10-13)17(24)6-5-16-19-18(20-26-16)15-4-3-7-25-15/h3-4,7,13-14,23H,5-6,8-12H2,1-2H3/t13-,14+/m0/s1. The Morgan fingerprint density at radius 3 is 2.88 bits per heavy atom. The smallest absolute Gasteiger partial charge is 0.238 e. The summed E-state index contributed by atoms with van der Waals surface area (Å²) in [7, 11) is 4.06. The van der Waals surface area contributed by atoms with Crippen LogP contribution in [0.15, 0.2) is 27.3 Å². The van der Waals surface area contributed by atoms with E-state index >= 15 is 0 Å². The van der Waals surface area contributed by atoms with E-state index in [0.29, 0.717) is 42.8 Å². The first kappa shape index (κ1) is 18.6. The van der Waals surface area contributed by atoms with Crippen molar-refractivity contribution in [2.75, 3.05) is 40.3 Å². The van der Waals surface area contributed by atoms with Gasteiger partial charge in [0.05, 0.1) is 6.26 Å². The fourth-order valence-electron chi connectivity index (χ4n) is 3.54. The fraction of sp³-hybridized carbons (Fsp3) is 0.611. The number of piperidine rings is 1. The van der Waals surface area contributed by atoms with Gasteiger partial charge in [-0.25, -0.2) is 0 Å². The van der Waals surface area contributed by atoms with E-state index in [2.05, 4.69) is 15.0 Å². The molecule has 2 aromatic heterocycles. The van der Waals surface area contributed by atoms with Gasteiger partial charge in [-0.2, -0.15) is 4.98 Å². The number of aryl methyl sites for hydroxylation is 1. The number of nitrogens with zero attached hydrogens (tertiary/aromatic N) is 4. The first-order chi connectivity index (χ1) is 12.5. The molecule has 1 aliphatic heterocycles. The van der Waals surface area contributed by atoms with E-state index in [9.17, 15) is 9.90 Å². The Hall–Kier alpha value is -2.19. The number of aliphatic hydroxyl groups excluding tert-OH is 1. The zero-order valence-electron chi connectivity index (χ0n) is 15.3. The normalized spacial score (nSPS) is 20.7.